The van der Waals surface area contributed by atoms with Crippen molar-refractivity contribution < 1.29 is 39.3 Å². The number of hydrogen-bond donors (Lipinski definition) is 0. The summed E-state index contributed by atoms with van der Waals surface area (Å²) in [7, 11) is -9.08. The molecule has 0 N–H and O–H groups in total. The third-order valence-electron chi connectivity index (χ3n) is 0.704. The highest BCUT2D eigenvalue weighted by Crippen LogP contribution is 2.49. The van der Waals surface area contributed by atoms with Crippen molar-refractivity contribution in [3.8, 4) is 0 Å². The molecule has 14 heavy (non-hydrogen) atoms. The van der Waals surface area contributed by atoms with Gasteiger partial charge in [-0.3, -0.25) is 4.52 Å². The smallest absolute Gasteiger partial charge is 0.278 e. The van der Waals surface area contributed by atoms with E-state index in [9.17, 15) is 21.4 Å². The molecule has 0 aromatic heterocycles. The lowest BCUT2D eigenvalue weighted by Gasteiger charge is -2.03. The quantitative estimate of drug-likeness (QED) is 0.289. The fourth-order valence-corrected chi connectivity index (χ4v) is 1.15. The van der Waals surface area contributed by atoms with Crippen LogP contribution in [0.25, 0.3) is 0 Å². The molecule has 0 unspecified atom stereocenters. The average molecular weight is 256 g/mol. The third-order valence-corrected chi connectivity index (χ3v) is 1.95. The van der Waals surface area contributed by atoms with E-state index in [-0.39, 0.29) is 0 Å². The van der Waals surface area contributed by atoms with Crippen LogP contribution in [0.2, 0.25) is 0 Å². The predicted octanol–water partition coefficient (Wildman–Crippen LogP) is 0.889. The lowest BCUT2D eigenvalue weighted by atomic mass is 10.8. The summed E-state index contributed by atoms with van der Waals surface area (Å²) in [5.74, 6) is 0. The van der Waals surface area contributed by atoms with Crippen LogP contribution in [-0.2, 0) is 32.9 Å². The molecule has 0 aromatic carbocycles. The van der Waals surface area contributed by atoms with E-state index in [4.69, 9.17) is 0 Å². The Labute approximate surface area is 78.8 Å². The normalized spacial score (nSPS) is 13.1. The van der Waals surface area contributed by atoms with Crippen LogP contribution in [0.3, 0.4) is 0 Å². The second-order valence-electron chi connectivity index (χ2n) is 1.71. The summed E-state index contributed by atoms with van der Waals surface area (Å²) in [6, 6.07) is 0. The molecule has 0 bridgehead atoms. The van der Waals surface area contributed by atoms with Gasteiger partial charge in [-0.1, -0.05) is 4.33 Å². The lowest BCUT2D eigenvalue weighted by Crippen LogP contribution is -2.12. The van der Waals surface area contributed by atoms with E-state index in [1.807, 2.05) is 0 Å². The van der Waals surface area contributed by atoms with Gasteiger partial charge in [-0.05, 0) is 0 Å². The maximum atomic E-state index is 11.6. The summed E-state index contributed by atoms with van der Waals surface area (Å²) in [4.78, 5) is 3.75. The standard InChI is InChI=1S/C3H7F2O7PS/c1-9-12-14(7,8)11-3-2-10-13(4,5)6/h2-3H2,1H3. The van der Waals surface area contributed by atoms with Gasteiger partial charge in [-0.2, -0.15) is 8.42 Å². The molecule has 0 radical (unpaired) electrons. The van der Waals surface area contributed by atoms with Gasteiger partial charge in [-0.15, -0.1) is 8.39 Å². The predicted molar refractivity (Wildman–Crippen MR) is 38.7 cm³/mol. The molecule has 0 atom stereocenters. The Morgan fingerprint density at radius 3 is 2.29 bits per heavy atom. The first-order valence-electron chi connectivity index (χ1n) is 3.02. The molecule has 0 amide bonds. The lowest BCUT2D eigenvalue weighted by molar-refractivity contribution is -0.181. The minimum absolute atomic E-state index is 0.760. The minimum Gasteiger partial charge on any atom is -0.278 e. The molecule has 0 aliphatic heterocycles. The van der Waals surface area contributed by atoms with E-state index < -0.39 is 31.6 Å². The van der Waals surface area contributed by atoms with Crippen LogP contribution in [0.5, 0.6) is 0 Å². The van der Waals surface area contributed by atoms with Gasteiger partial charge in [0.05, 0.1) is 20.3 Å². The van der Waals surface area contributed by atoms with Crippen LogP contribution < -0.4 is 0 Å². The Bertz CT molecular complexity index is 296. The zero-order chi connectivity index (χ0) is 11.2. The number of hydrogen-bond acceptors (Lipinski definition) is 7. The fraction of sp³-hybridized carbons (Fsp3) is 1.00. The molecule has 0 fully saturated rings. The Balaban J connectivity index is 3.70. The van der Waals surface area contributed by atoms with Crippen LogP contribution in [0, 0.1) is 0 Å². The Kier molecular flexibility index (Phi) is 5.64. The van der Waals surface area contributed by atoms with E-state index in [0.717, 1.165) is 7.11 Å². The van der Waals surface area contributed by atoms with Gasteiger partial charge in [0.15, 0.2) is 0 Å². The molecule has 11 heteroatoms. The summed E-state index contributed by atoms with van der Waals surface area (Å²) >= 11 is 0. The van der Waals surface area contributed by atoms with Crippen molar-refractivity contribution in [2.75, 3.05) is 20.3 Å². The van der Waals surface area contributed by atoms with Gasteiger partial charge < -0.3 is 0 Å². The van der Waals surface area contributed by atoms with Crippen LogP contribution in [0.1, 0.15) is 0 Å². The first-order valence-corrected chi connectivity index (χ1v) is 5.76. The molecule has 0 aliphatic carbocycles. The zero-order valence-corrected chi connectivity index (χ0v) is 8.59. The van der Waals surface area contributed by atoms with Crippen molar-refractivity contribution in [3.63, 3.8) is 0 Å². The minimum atomic E-state index is -5.61. The fourth-order valence-electron chi connectivity index (χ4n) is 0.383. The van der Waals surface area contributed by atoms with Gasteiger partial charge in [-0.25, -0.2) is 13.6 Å². The SMILES string of the molecule is COOS(=O)(=O)OCCOP(=O)(F)F. The second kappa shape index (κ2) is 5.69. The molecule has 0 rings (SSSR count). The maximum Gasteiger partial charge on any atom is 0.552 e. The zero-order valence-electron chi connectivity index (χ0n) is 6.88. The molecular formula is C3H7F2O7PS. The van der Waals surface area contributed by atoms with Gasteiger partial charge in [0.2, 0.25) is 0 Å². The van der Waals surface area contributed by atoms with Crippen LogP contribution in [0.4, 0.5) is 8.39 Å². The molecule has 0 spiro atoms. The van der Waals surface area contributed by atoms with Crippen molar-refractivity contribution in [2.45, 2.75) is 0 Å². The Morgan fingerprint density at radius 2 is 1.86 bits per heavy atom. The van der Waals surface area contributed by atoms with Gasteiger partial charge in [0, 0.05) is 0 Å². The Hall–Kier alpha value is -0.120. The monoisotopic (exact) mass is 256 g/mol. The van der Waals surface area contributed by atoms with E-state index in [0.29, 0.717) is 0 Å². The summed E-state index contributed by atoms with van der Waals surface area (Å²) in [5, 5.41) is 0. The van der Waals surface area contributed by atoms with Gasteiger partial charge in [0.25, 0.3) is 0 Å². The van der Waals surface area contributed by atoms with Crippen LogP contribution >= 0.6 is 7.99 Å². The maximum absolute atomic E-state index is 11.6. The van der Waals surface area contributed by atoms with Gasteiger partial charge in [0.1, 0.15) is 0 Å². The molecule has 0 saturated carbocycles. The number of rotatable bonds is 7. The molecule has 7 nitrogen and oxygen atoms in total. The van der Waals surface area contributed by atoms with Crippen molar-refractivity contribution >= 4 is 18.4 Å². The summed E-state index contributed by atoms with van der Waals surface area (Å²) in [5.41, 5.74) is 0. The van der Waals surface area contributed by atoms with Crippen molar-refractivity contribution in [1.82, 2.24) is 0 Å². The van der Waals surface area contributed by atoms with E-state index in [2.05, 4.69) is 17.9 Å². The largest absolute Gasteiger partial charge is 0.552 e. The second-order valence-corrected chi connectivity index (χ2v) is 3.99. The van der Waals surface area contributed by atoms with Crippen molar-refractivity contribution in [3.05, 3.63) is 0 Å². The highest BCUT2D eigenvalue weighted by molar-refractivity contribution is 7.81. The van der Waals surface area contributed by atoms with Crippen LogP contribution in [0.15, 0.2) is 0 Å². The molecule has 0 saturated heterocycles. The van der Waals surface area contributed by atoms with Gasteiger partial charge >= 0.3 is 18.4 Å². The first-order chi connectivity index (χ1) is 6.27. The summed E-state index contributed by atoms with van der Waals surface area (Å²) in [6.07, 6.45) is 0. The highest BCUT2D eigenvalue weighted by atomic mass is 32.3. The topological polar surface area (TPSA) is 88.1 Å². The van der Waals surface area contributed by atoms with E-state index in [1.54, 1.807) is 0 Å². The number of halogens is 2. The summed E-state index contributed by atoms with van der Waals surface area (Å²) in [6.45, 7) is -1.61. The first kappa shape index (κ1) is 13.9. The van der Waals surface area contributed by atoms with Crippen molar-refractivity contribution in [1.29, 1.82) is 0 Å². The Morgan fingerprint density at radius 1 is 1.29 bits per heavy atom. The third kappa shape index (κ3) is 8.48. The van der Waals surface area contributed by atoms with E-state index in [1.165, 1.54) is 0 Å². The molecule has 0 aliphatic rings. The molecule has 86 valence electrons. The van der Waals surface area contributed by atoms with Crippen LogP contribution in [-0.4, -0.2) is 28.7 Å². The molecule has 0 heterocycles. The summed E-state index contributed by atoms with van der Waals surface area (Å²) < 4.78 is 64.7. The average Bonchev–Trinajstić information content (AvgIpc) is 1.96. The highest BCUT2D eigenvalue weighted by Gasteiger charge is 2.21. The van der Waals surface area contributed by atoms with E-state index >= 15 is 0 Å². The molecule has 0 aromatic rings. The van der Waals surface area contributed by atoms with Crippen molar-refractivity contribution in [2.24, 2.45) is 0 Å². The molecular weight excluding hydrogens is 249 g/mol.